The molecule has 156 valence electrons. The third-order valence-corrected chi connectivity index (χ3v) is 6.36. The number of rotatable bonds is 5. The zero-order valence-corrected chi connectivity index (χ0v) is 17.5. The Bertz CT molecular complexity index is 975. The van der Waals surface area contributed by atoms with Crippen LogP contribution >= 0.6 is 0 Å². The Morgan fingerprint density at radius 2 is 2.00 bits per heavy atom. The molecule has 1 unspecified atom stereocenters. The molecule has 4 rings (SSSR count). The van der Waals surface area contributed by atoms with Crippen molar-refractivity contribution in [1.29, 1.82) is 0 Å². The predicted molar refractivity (Wildman–Crippen MR) is 113 cm³/mol. The molecular weight excluding hydrogens is 368 g/mol. The fourth-order valence-corrected chi connectivity index (χ4v) is 4.68. The van der Waals surface area contributed by atoms with Gasteiger partial charge in [-0.1, -0.05) is 0 Å². The van der Waals surface area contributed by atoms with Crippen molar-refractivity contribution in [3.05, 3.63) is 39.2 Å². The molecule has 1 aromatic heterocycles. The van der Waals surface area contributed by atoms with Gasteiger partial charge in [0.2, 0.25) is 0 Å². The van der Waals surface area contributed by atoms with E-state index in [1.165, 1.54) is 0 Å². The lowest BCUT2D eigenvalue weighted by molar-refractivity contribution is -0.137. The predicted octanol–water partition coefficient (Wildman–Crippen LogP) is 2.82. The summed E-state index contributed by atoms with van der Waals surface area (Å²) >= 11 is 0. The van der Waals surface area contributed by atoms with Gasteiger partial charge < -0.3 is 19.4 Å². The molecular formula is C23H30N2O4. The molecule has 1 aliphatic heterocycles. The maximum atomic E-state index is 12.8. The summed E-state index contributed by atoms with van der Waals surface area (Å²) in [4.78, 5) is 26.9. The van der Waals surface area contributed by atoms with E-state index in [1.54, 1.807) is 11.8 Å². The summed E-state index contributed by atoms with van der Waals surface area (Å²) < 4.78 is 11.6. The number of likely N-dealkylation sites (N-methyl/N-ethyl adjacent to an activating group) is 1. The number of hydrogen-bond acceptors (Lipinski definition) is 5. The van der Waals surface area contributed by atoms with Crippen LogP contribution in [-0.4, -0.2) is 43.6 Å². The van der Waals surface area contributed by atoms with Gasteiger partial charge in [0.05, 0.1) is 0 Å². The normalized spacial score (nSPS) is 17.9. The van der Waals surface area contributed by atoms with Gasteiger partial charge >= 0.3 is 5.63 Å². The number of carbonyl (C=O) groups is 1. The number of nitrogens with one attached hydrogen (secondary N) is 1. The maximum Gasteiger partial charge on any atom is 0.339 e. The molecule has 2 aromatic rings. The van der Waals surface area contributed by atoms with E-state index in [2.05, 4.69) is 5.32 Å². The van der Waals surface area contributed by atoms with Crippen LogP contribution in [0, 0.1) is 12.8 Å². The third-order valence-electron chi connectivity index (χ3n) is 6.36. The van der Waals surface area contributed by atoms with E-state index in [9.17, 15) is 9.59 Å². The Morgan fingerprint density at radius 3 is 2.76 bits per heavy atom. The van der Waals surface area contributed by atoms with Crippen LogP contribution in [0.25, 0.3) is 11.0 Å². The van der Waals surface area contributed by atoms with Crippen molar-refractivity contribution in [3.63, 3.8) is 0 Å². The van der Waals surface area contributed by atoms with Crippen molar-refractivity contribution in [3.8, 4) is 5.75 Å². The second kappa shape index (κ2) is 8.19. The minimum absolute atomic E-state index is 0.0292. The Balaban J connectivity index is 1.51. The number of aryl methyl sites for hydroxylation is 2. The van der Waals surface area contributed by atoms with E-state index in [4.69, 9.17) is 9.15 Å². The molecule has 0 saturated carbocycles. The van der Waals surface area contributed by atoms with Crippen LogP contribution in [0.4, 0.5) is 0 Å². The molecule has 1 N–H and O–H groups in total. The maximum absolute atomic E-state index is 12.8. The van der Waals surface area contributed by atoms with Crippen molar-refractivity contribution >= 4 is 16.9 Å². The summed E-state index contributed by atoms with van der Waals surface area (Å²) in [6.07, 6.45) is 4.29. The van der Waals surface area contributed by atoms with Gasteiger partial charge in [0, 0.05) is 30.1 Å². The molecule has 1 atom stereocenters. The van der Waals surface area contributed by atoms with Gasteiger partial charge in [-0.25, -0.2) is 4.79 Å². The van der Waals surface area contributed by atoms with E-state index in [-0.39, 0.29) is 11.5 Å². The highest BCUT2D eigenvalue weighted by molar-refractivity contribution is 5.86. The minimum Gasteiger partial charge on any atom is -0.480 e. The topological polar surface area (TPSA) is 71.8 Å². The number of amides is 1. The van der Waals surface area contributed by atoms with Crippen molar-refractivity contribution in [2.45, 2.75) is 52.1 Å². The lowest BCUT2D eigenvalue weighted by atomic mass is 9.97. The van der Waals surface area contributed by atoms with Gasteiger partial charge in [0.25, 0.3) is 5.91 Å². The van der Waals surface area contributed by atoms with Crippen molar-refractivity contribution in [2.75, 3.05) is 26.7 Å². The largest absolute Gasteiger partial charge is 0.480 e. The van der Waals surface area contributed by atoms with Crippen LogP contribution in [0.1, 0.15) is 42.9 Å². The van der Waals surface area contributed by atoms with Crippen LogP contribution in [0.3, 0.4) is 0 Å². The highest BCUT2D eigenvalue weighted by Crippen LogP contribution is 2.33. The van der Waals surface area contributed by atoms with E-state index in [0.717, 1.165) is 73.8 Å². The van der Waals surface area contributed by atoms with Gasteiger partial charge in [0.15, 0.2) is 6.10 Å². The van der Waals surface area contributed by atoms with Gasteiger partial charge in [-0.05, 0) is 82.7 Å². The molecule has 1 fully saturated rings. The van der Waals surface area contributed by atoms with Crippen molar-refractivity contribution < 1.29 is 13.9 Å². The molecule has 2 heterocycles. The van der Waals surface area contributed by atoms with Crippen LogP contribution in [-0.2, 0) is 17.6 Å². The average molecular weight is 399 g/mol. The zero-order valence-electron chi connectivity index (χ0n) is 17.5. The number of hydrogen-bond donors (Lipinski definition) is 1. The highest BCUT2D eigenvalue weighted by Gasteiger charge is 2.25. The lowest BCUT2D eigenvalue weighted by Gasteiger charge is -2.29. The first-order valence-electron chi connectivity index (χ1n) is 10.7. The quantitative estimate of drug-likeness (QED) is 0.784. The van der Waals surface area contributed by atoms with E-state index in [0.29, 0.717) is 17.3 Å². The first kappa shape index (κ1) is 20.0. The summed E-state index contributed by atoms with van der Waals surface area (Å²) in [5.74, 6) is 1.10. The number of ether oxygens (including phenoxy) is 1. The number of piperidine rings is 1. The monoisotopic (exact) mass is 398 g/mol. The molecule has 2 aliphatic rings. The lowest BCUT2D eigenvalue weighted by Crippen LogP contribution is -2.42. The molecule has 29 heavy (non-hydrogen) atoms. The van der Waals surface area contributed by atoms with Crippen LogP contribution in [0.2, 0.25) is 0 Å². The highest BCUT2D eigenvalue weighted by atomic mass is 16.5. The molecule has 0 radical (unpaired) electrons. The molecule has 6 nitrogen and oxygen atoms in total. The zero-order chi connectivity index (χ0) is 20.5. The Labute approximate surface area is 171 Å². The van der Waals surface area contributed by atoms with Gasteiger partial charge in [0.1, 0.15) is 11.3 Å². The SMILES string of the molecule is Cc1c(OC(C)C(=O)N(C)CC2CCNCC2)ccc2c3c(c(=O)oc12)CCC3. The Morgan fingerprint density at radius 1 is 1.28 bits per heavy atom. The fourth-order valence-electron chi connectivity index (χ4n) is 4.68. The molecule has 1 amide bonds. The van der Waals surface area contributed by atoms with Crippen LogP contribution in [0.15, 0.2) is 21.3 Å². The van der Waals surface area contributed by atoms with E-state index >= 15 is 0 Å². The Kier molecular flexibility index (Phi) is 5.63. The first-order chi connectivity index (χ1) is 14.0. The average Bonchev–Trinajstić information content (AvgIpc) is 3.21. The van der Waals surface area contributed by atoms with Gasteiger partial charge in [-0.2, -0.15) is 0 Å². The molecule has 1 aliphatic carbocycles. The van der Waals surface area contributed by atoms with E-state index < -0.39 is 6.10 Å². The molecule has 1 aromatic carbocycles. The molecule has 1 saturated heterocycles. The van der Waals surface area contributed by atoms with E-state index in [1.807, 2.05) is 26.1 Å². The number of benzene rings is 1. The summed E-state index contributed by atoms with van der Waals surface area (Å²) in [5.41, 5.74) is 3.03. The third kappa shape index (κ3) is 3.90. The standard InChI is InChI=1S/C23H30N2O4/c1-14-20(8-7-18-17-5-4-6-19(17)23(27)29-21(14)18)28-15(2)22(26)25(3)13-16-9-11-24-12-10-16/h7-8,15-16,24H,4-6,9-13H2,1-3H3. The smallest absolute Gasteiger partial charge is 0.339 e. The van der Waals surface area contributed by atoms with Crippen molar-refractivity contribution in [1.82, 2.24) is 10.2 Å². The Hall–Kier alpha value is -2.34. The molecule has 0 bridgehead atoms. The molecule has 6 heteroatoms. The van der Waals surface area contributed by atoms with Crippen molar-refractivity contribution in [2.24, 2.45) is 5.92 Å². The van der Waals surface area contributed by atoms with Crippen LogP contribution in [0.5, 0.6) is 5.75 Å². The second-order valence-corrected chi connectivity index (χ2v) is 8.44. The summed E-state index contributed by atoms with van der Waals surface area (Å²) in [7, 11) is 1.85. The second-order valence-electron chi connectivity index (χ2n) is 8.44. The van der Waals surface area contributed by atoms with Gasteiger partial charge in [-0.15, -0.1) is 0 Å². The summed E-state index contributed by atoms with van der Waals surface area (Å²) in [6.45, 7) is 6.46. The number of carbonyl (C=O) groups excluding carboxylic acids is 1. The molecule has 0 spiro atoms. The first-order valence-corrected chi connectivity index (χ1v) is 10.7. The number of fused-ring (bicyclic) bond motifs is 3. The van der Waals surface area contributed by atoms with Gasteiger partial charge in [-0.3, -0.25) is 4.79 Å². The van der Waals surface area contributed by atoms with Crippen LogP contribution < -0.4 is 15.7 Å². The minimum atomic E-state index is -0.598. The number of nitrogens with zero attached hydrogens (tertiary/aromatic N) is 1. The summed E-state index contributed by atoms with van der Waals surface area (Å²) in [6, 6.07) is 3.85. The fraction of sp³-hybridized carbons (Fsp3) is 0.565. The summed E-state index contributed by atoms with van der Waals surface area (Å²) in [5, 5.41) is 4.34.